The van der Waals surface area contributed by atoms with E-state index in [0.717, 1.165) is 18.5 Å². The van der Waals surface area contributed by atoms with Crippen molar-refractivity contribution in [3.05, 3.63) is 42.2 Å². The molecule has 2 rings (SSSR count). The van der Waals surface area contributed by atoms with Gasteiger partial charge in [0.15, 0.2) is 0 Å². The summed E-state index contributed by atoms with van der Waals surface area (Å²) >= 11 is 0. The van der Waals surface area contributed by atoms with Crippen LogP contribution in [0.1, 0.15) is 23.7 Å². The summed E-state index contributed by atoms with van der Waals surface area (Å²) in [5.41, 5.74) is 1.72. The van der Waals surface area contributed by atoms with E-state index < -0.39 is 0 Å². The van der Waals surface area contributed by atoms with Gasteiger partial charge in [0.25, 0.3) is 5.91 Å². The first-order valence-electron chi connectivity index (χ1n) is 6.24. The molecule has 0 saturated carbocycles. The summed E-state index contributed by atoms with van der Waals surface area (Å²) in [6, 6.07) is 7.76. The summed E-state index contributed by atoms with van der Waals surface area (Å²) in [4.78, 5) is 11.9. The number of rotatable bonds is 6. The summed E-state index contributed by atoms with van der Waals surface area (Å²) in [6.45, 7) is 4.02. The van der Waals surface area contributed by atoms with Crippen molar-refractivity contribution in [2.75, 3.05) is 19.8 Å². The molecule has 0 spiro atoms. The van der Waals surface area contributed by atoms with Gasteiger partial charge in [-0.3, -0.25) is 4.79 Å². The zero-order valence-electron chi connectivity index (χ0n) is 10.6. The molecule has 0 saturated heterocycles. The molecule has 4 nitrogen and oxygen atoms in total. The van der Waals surface area contributed by atoms with Crippen LogP contribution >= 0.6 is 0 Å². The fourth-order valence-electron chi connectivity index (χ4n) is 1.80. The minimum Gasteiger partial charge on any atom is -0.382 e. The molecule has 1 amide bonds. The van der Waals surface area contributed by atoms with Crippen LogP contribution in [0.5, 0.6) is 0 Å². The first kappa shape index (κ1) is 12.6. The van der Waals surface area contributed by atoms with Crippen LogP contribution in [0.25, 0.3) is 5.52 Å². The Balaban J connectivity index is 1.88. The van der Waals surface area contributed by atoms with E-state index in [1.807, 2.05) is 48.0 Å². The molecule has 2 heterocycles. The summed E-state index contributed by atoms with van der Waals surface area (Å²) in [6.07, 6.45) is 4.61. The second-order valence-electron chi connectivity index (χ2n) is 4.07. The van der Waals surface area contributed by atoms with Crippen LogP contribution in [0.2, 0.25) is 0 Å². The van der Waals surface area contributed by atoms with E-state index >= 15 is 0 Å². The molecule has 96 valence electrons. The van der Waals surface area contributed by atoms with Crippen molar-refractivity contribution in [1.29, 1.82) is 0 Å². The highest BCUT2D eigenvalue weighted by Gasteiger charge is 2.07. The fourth-order valence-corrected chi connectivity index (χ4v) is 1.80. The molecular formula is C14H18N2O2. The molecule has 0 aliphatic heterocycles. The van der Waals surface area contributed by atoms with Gasteiger partial charge >= 0.3 is 0 Å². The molecule has 0 bridgehead atoms. The maximum atomic E-state index is 11.9. The van der Waals surface area contributed by atoms with Crippen molar-refractivity contribution < 1.29 is 9.53 Å². The molecule has 0 radical (unpaired) electrons. The van der Waals surface area contributed by atoms with E-state index in [9.17, 15) is 4.79 Å². The van der Waals surface area contributed by atoms with Gasteiger partial charge in [0.2, 0.25) is 0 Å². The van der Waals surface area contributed by atoms with E-state index in [2.05, 4.69) is 5.32 Å². The molecule has 0 unspecified atom stereocenters. The molecular weight excluding hydrogens is 228 g/mol. The molecule has 0 aliphatic rings. The van der Waals surface area contributed by atoms with Crippen LogP contribution in [0.4, 0.5) is 0 Å². The zero-order chi connectivity index (χ0) is 12.8. The Kier molecular flexibility index (Phi) is 4.36. The van der Waals surface area contributed by atoms with Gasteiger partial charge in [-0.15, -0.1) is 0 Å². The monoisotopic (exact) mass is 246 g/mol. The lowest BCUT2D eigenvalue weighted by atomic mass is 10.3. The third-order valence-corrected chi connectivity index (χ3v) is 2.72. The molecule has 1 N–H and O–H groups in total. The topological polar surface area (TPSA) is 42.7 Å². The predicted molar refractivity (Wildman–Crippen MR) is 70.8 cm³/mol. The Morgan fingerprint density at radius 3 is 3.11 bits per heavy atom. The molecule has 0 aromatic carbocycles. The zero-order valence-corrected chi connectivity index (χ0v) is 10.6. The van der Waals surface area contributed by atoms with Crippen molar-refractivity contribution in [2.45, 2.75) is 13.3 Å². The summed E-state index contributed by atoms with van der Waals surface area (Å²) in [5, 5.41) is 2.89. The highest BCUT2D eigenvalue weighted by molar-refractivity contribution is 5.95. The number of carbonyl (C=O) groups excluding carboxylic acids is 1. The summed E-state index contributed by atoms with van der Waals surface area (Å²) < 4.78 is 7.15. The van der Waals surface area contributed by atoms with E-state index in [0.29, 0.717) is 18.7 Å². The van der Waals surface area contributed by atoms with Crippen molar-refractivity contribution in [1.82, 2.24) is 9.72 Å². The predicted octanol–water partition coefficient (Wildman–Crippen LogP) is 2.10. The SMILES string of the molecule is CCOCCCNC(=O)c1cc2ccccn2c1. The number of amides is 1. The Morgan fingerprint density at radius 1 is 1.44 bits per heavy atom. The van der Waals surface area contributed by atoms with Crippen LogP contribution in [-0.2, 0) is 4.74 Å². The average molecular weight is 246 g/mol. The minimum atomic E-state index is -0.0322. The summed E-state index contributed by atoms with van der Waals surface area (Å²) in [7, 11) is 0. The molecule has 0 atom stereocenters. The number of ether oxygens (including phenoxy) is 1. The average Bonchev–Trinajstić information content (AvgIpc) is 2.82. The molecule has 4 heteroatoms. The second kappa shape index (κ2) is 6.21. The Hall–Kier alpha value is -1.81. The second-order valence-corrected chi connectivity index (χ2v) is 4.07. The van der Waals surface area contributed by atoms with Crippen molar-refractivity contribution in [3.8, 4) is 0 Å². The normalized spacial score (nSPS) is 10.7. The number of pyridine rings is 1. The van der Waals surface area contributed by atoms with E-state index in [1.165, 1.54) is 0 Å². The van der Waals surface area contributed by atoms with Crippen molar-refractivity contribution >= 4 is 11.4 Å². The minimum absolute atomic E-state index is 0.0322. The standard InChI is InChI=1S/C14H18N2O2/c1-2-18-9-5-7-15-14(17)12-10-13-6-3-4-8-16(13)11-12/h3-4,6,8,10-11H,2,5,7,9H2,1H3,(H,15,17). The van der Waals surface area contributed by atoms with Gasteiger partial charge in [-0.05, 0) is 31.5 Å². The maximum absolute atomic E-state index is 11.9. The van der Waals surface area contributed by atoms with Gasteiger partial charge in [0, 0.05) is 37.7 Å². The highest BCUT2D eigenvalue weighted by Crippen LogP contribution is 2.09. The number of hydrogen-bond acceptors (Lipinski definition) is 2. The van der Waals surface area contributed by atoms with E-state index in [4.69, 9.17) is 4.74 Å². The molecule has 0 fully saturated rings. The smallest absolute Gasteiger partial charge is 0.252 e. The van der Waals surface area contributed by atoms with Crippen molar-refractivity contribution in [3.63, 3.8) is 0 Å². The van der Waals surface area contributed by atoms with E-state index in [1.54, 1.807) is 0 Å². The lowest BCUT2D eigenvalue weighted by molar-refractivity contribution is 0.0944. The van der Waals surface area contributed by atoms with Crippen molar-refractivity contribution in [2.24, 2.45) is 0 Å². The Bertz CT molecular complexity index is 486. The van der Waals surface area contributed by atoms with Crippen LogP contribution in [-0.4, -0.2) is 30.1 Å². The third-order valence-electron chi connectivity index (χ3n) is 2.72. The van der Waals surface area contributed by atoms with Gasteiger partial charge < -0.3 is 14.5 Å². The van der Waals surface area contributed by atoms with Crippen LogP contribution in [0.15, 0.2) is 36.7 Å². The first-order valence-corrected chi connectivity index (χ1v) is 6.24. The summed E-state index contributed by atoms with van der Waals surface area (Å²) in [5.74, 6) is -0.0322. The number of hydrogen-bond donors (Lipinski definition) is 1. The third kappa shape index (κ3) is 3.11. The molecule has 2 aromatic rings. The lowest BCUT2D eigenvalue weighted by Gasteiger charge is -2.03. The lowest BCUT2D eigenvalue weighted by Crippen LogP contribution is -2.24. The quantitative estimate of drug-likeness (QED) is 0.793. The maximum Gasteiger partial charge on any atom is 0.252 e. The van der Waals surface area contributed by atoms with Gasteiger partial charge in [0.1, 0.15) is 0 Å². The van der Waals surface area contributed by atoms with Crippen LogP contribution in [0, 0.1) is 0 Å². The highest BCUT2D eigenvalue weighted by atomic mass is 16.5. The first-order chi connectivity index (χ1) is 8.81. The van der Waals surface area contributed by atoms with Gasteiger partial charge in [-0.2, -0.15) is 0 Å². The van der Waals surface area contributed by atoms with E-state index in [-0.39, 0.29) is 5.91 Å². The number of nitrogens with one attached hydrogen (secondary N) is 1. The Labute approximate surface area is 107 Å². The number of aromatic nitrogens is 1. The van der Waals surface area contributed by atoms with Crippen LogP contribution < -0.4 is 5.32 Å². The van der Waals surface area contributed by atoms with Crippen LogP contribution in [0.3, 0.4) is 0 Å². The molecule has 2 aromatic heterocycles. The molecule has 18 heavy (non-hydrogen) atoms. The van der Waals surface area contributed by atoms with Gasteiger partial charge in [0.05, 0.1) is 5.56 Å². The molecule has 0 aliphatic carbocycles. The number of nitrogens with zero attached hydrogens (tertiary/aromatic N) is 1. The number of carbonyl (C=O) groups is 1. The largest absolute Gasteiger partial charge is 0.382 e. The number of fused-ring (bicyclic) bond motifs is 1. The Morgan fingerprint density at radius 2 is 2.33 bits per heavy atom. The fraction of sp³-hybridized carbons (Fsp3) is 0.357. The van der Waals surface area contributed by atoms with Gasteiger partial charge in [-0.1, -0.05) is 6.07 Å². The van der Waals surface area contributed by atoms with Gasteiger partial charge in [-0.25, -0.2) is 0 Å².